The van der Waals surface area contributed by atoms with E-state index in [0.717, 1.165) is 31.2 Å². The Morgan fingerprint density at radius 3 is 2.53 bits per heavy atom. The fourth-order valence-electron chi connectivity index (χ4n) is 2.58. The van der Waals surface area contributed by atoms with E-state index in [1.54, 1.807) is 12.1 Å². The summed E-state index contributed by atoms with van der Waals surface area (Å²) >= 11 is 0. The third-order valence-electron chi connectivity index (χ3n) is 3.84. The van der Waals surface area contributed by atoms with Crippen molar-refractivity contribution >= 4 is 10.0 Å². The Kier molecular flexibility index (Phi) is 4.60. The summed E-state index contributed by atoms with van der Waals surface area (Å²) in [5.74, 6) is 0.0460. The topological polar surface area (TPSA) is 66.4 Å². The number of hydrogen-bond acceptors (Lipinski definition) is 3. The molecule has 1 aliphatic rings. The molecule has 2 atom stereocenters. The third-order valence-corrected chi connectivity index (χ3v) is 5.35. The maximum Gasteiger partial charge on any atom is 0.240 e. The van der Waals surface area contributed by atoms with Crippen LogP contribution in [0.4, 0.5) is 0 Å². The van der Waals surface area contributed by atoms with Crippen LogP contribution in [0.15, 0.2) is 29.2 Å². The molecule has 106 valence electrons. The smallest absolute Gasteiger partial charge is 0.240 e. The van der Waals surface area contributed by atoms with Crippen LogP contribution >= 0.6 is 0 Å². The van der Waals surface area contributed by atoms with Gasteiger partial charge in [-0.05, 0) is 42.9 Å². The predicted octanol–water partition coefficient (Wildman–Crippen LogP) is 1.69. The minimum atomic E-state index is -3.47. The number of nitrogens with one attached hydrogen (secondary N) is 1. The minimum Gasteiger partial charge on any atom is -0.396 e. The second kappa shape index (κ2) is 6.03. The Hall–Kier alpha value is -0.910. The highest BCUT2D eigenvalue weighted by Crippen LogP contribution is 2.26. The van der Waals surface area contributed by atoms with Crippen LogP contribution in [0.5, 0.6) is 0 Å². The van der Waals surface area contributed by atoms with Gasteiger partial charge in [0.1, 0.15) is 0 Å². The maximum absolute atomic E-state index is 12.3. The molecule has 0 heterocycles. The van der Waals surface area contributed by atoms with E-state index in [1.165, 1.54) is 0 Å². The van der Waals surface area contributed by atoms with Crippen molar-refractivity contribution in [3.8, 4) is 0 Å². The Morgan fingerprint density at radius 2 is 1.95 bits per heavy atom. The van der Waals surface area contributed by atoms with Gasteiger partial charge in [-0.1, -0.05) is 25.5 Å². The average Bonchev–Trinajstić information content (AvgIpc) is 2.85. The standard InChI is InChI=1S/C14H21NO3S/c1-2-11-6-8-13(9-7-11)19(17,18)15-14-5-3-4-12(14)10-16/h6-9,12,14-16H,2-5,10H2,1H3. The van der Waals surface area contributed by atoms with Crippen LogP contribution in [0.1, 0.15) is 31.7 Å². The zero-order valence-corrected chi connectivity index (χ0v) is 12.0. The number of aryl methyl sites for hydroxylation is 1. The van der Waals surface area contributed by atoms with Gasteiger partial charge in [0.05, 0.1) is 4.90 Å². The monoisotopic (exact) mass is 283 g/mol. The first-order chi connectivity index (χ1) is 9.06. The van der Waals surface area contributed by atoms with Crippen molar-refractivity contribution < 1.29 is 13.5 Å². The van der Waals surface area contributed by atoms with Gasteiger partial charge in [-0.3, -0.25) is 0 Å². The van der Waals surface area contributed by atoms with E-state index in [9.17, 15) is 13.5 Å². The van der Waals surface area contributed by atoms with Crippen LogP contribution in [0.2, 0.25) is 0 Å². The predicted molar refractivity (Wildman–Crippen MR) is 74.4 cm³/mol. The minimum absolute atomic E-state index is 0.0436. The van der Waals surface area contributed by atoms with Crippen molar-refractivity contribution in [1.29, 1.82) is 0 Å². The van der Waals surface area contributed by atoms with Crippen LogP contribution in [-0.4, -0.2) is 26.2 Å². The van der Waals surface area contributed by atoms with Crippen molar-refractivity contribution in [3.63, 3.8) is 0 Å². The average molecular weight is 283 g/mol. The van der Waals surface area contributed by atoms with E-state index in [0.29, 0.717) is 4.90 Å². The molecule has 2 unspecified atom stereocenters. The summed E-state index contributed by atoms with van der Waals surface area (Å²) in [6.45, 7) is 2.08. The van der Waals surface area contributed by atoms with Crippen LogP contribution < -0.4 is 4.72 Å². The quantitative estimate of drug-likeness (QED) is 0.864. The Labute approximate surface area is 114 Å². The van der Waals surface area contributed by atoms with E-state index in [4.69, 9.17) is 0 Å². The maximum atomic E-state index is 12.3. The van der Waals surface area contributed by atoms with E-state index in [-0.39, 0.29) is 18.6 Å². The molecule has 0 amide bonds. The summed E-state index contributed by atoms with van der Waals surface area (Å²) in [4.78, 5) is 0.299. The normalized spacial score (nSPS) is 23.7. The zero-order valence-electron chi connectivity index (χ0n) is 11.2. The second-order valence-corrected chi connectivity index (χ2v) is 6.81. The molecule has 1 fully saturated rings. The second-order valence-electron chi connectivity index (χ2n) is 5.10. The van der Waals surface area contributed by atoms with E-state index >= 15 is 0 Å². The Morgan fingerprint density at radius 1 is 1.26 bits per heavy atom. The summed E-state index contributed by atoms with van der Waals surface area (Å²) in [6.07, 6.45) is 3.55. The van der Waals surface area contributed by atoms with Gasteiger partial charge in [0.25, 0.3) is 0 Å². The van der Waals surface area contributed by atoms with Gasteiger partial charge in [0.15, 0.2) is 0 Å². The molecule has 19 heavy (non-hydrogen) atoms. The molecule has 1 aromatic rings. The van der Waals surface area contributed by atoms with Crippen molar-refractivity contribution in [2.75, 3.05) is 6.61 Å². The first kappa shape index (κ1) is 14.5. The Bertz CT molecular complexity index is 510. The lowest BCUT2D eigenvalue weighted by atomic mass is 10.1. The molecule has 1 saturated carbocycles. The van der Waals surface area contributed by atoms with Gasteiger partial charge in [-0.15, -0.1) is 0 Å². The van der Waals surface area contributed by atoms with Crippen LogP contribution in [0, 0.1) is 5.92 Å². The highest BCUT2D eigenvalue weighted by Gasteiger charge is 2.30. The van der Waals surface area contributed by atoms with E-state index in [2.05, 4.69) is 4.72 Å². The lowest BCUT2D eigenvalue weighted by Gasteiger charge is -2.19. The molecule has 0 saturated heterocycles. The van der Waals surface area contributed by atoms with Crippen molar-refractivity contribution in [2.45, 2.75) is 43.5 Å². The van der Waals surface area contributed by atoms with Gasteiger partial charge < -0.3 is 5.11 Å². The number of benzene rings is 1. The first-order valence-electron chi connectivity index (χ1n) is 6.79. The lowest BCUT2D eigenvalue weighted by molar-refractivity contribution is 0.213. The number of sulfonamides is 1. The molecule has 4 nitrogen and oxygen atoms in total. The van der Waals surface area contributed by atoms with Crippen molar-refractivity contribution in [2.24, 2.45) is 5.92 Å². The molecule has 2 N–H and O–H groups in total. The van der Waals surface area contributed by atoms with Gasteiger partial charge in [0.2, 0.25) is 10.0 Å². The summed E-state index contributed by atoms with van der Waals surface area (Å²) < 4.78 is 27.2. The largest absolute Gasteiger partial charge is 0.396 e. The molecule has 5 heteroatoms. The van der Waals surface area contributed by atoms with Crippen molar-refractivity contribution in [3.05, 3.63) is 29.8 Å². The van der Waals surface area contributed by atoms with Gasteiger partial charge in [0, 0.05) is 12.6 Å². The number of aliphatic hydroxyl groups excluding tert-OH is 1. The van der Waals surface area contributed by atoms with Crippen molar-refractivity contribution in [1.82, 2.24) is 4.72 Å². The van der Waals surface area contributed by atoms with Crippen LogP contribution in [0.3, 0.4) is 0 Å². The third kappa shape index (κ3) is 3.35. The molecule has 2 rings (SSSR count). The summed E-state index contributed by atoms with van der Waals surface area (Å²) in [7, 11) is -3.47. The number of aliphatic hydroxyl groups is 1. The van der Waals surface area contributed by atoms with Crippen LogP contribution in [-0.2, 0) is 16.4 Å². The fraction of sp³-hybridized carbons (Fsp3) is 0.571. The summed E-state index contributed by atoms with van der Waals surface area (Å²) in [6, 6.07) is 6.83. The zero-order chi connectivity index (χ0) is 13.9. The number of rotatable bonds is 5. The summed E-state index contributed by atoms with van der Waals surface area (Å²) in [5, 5.41) is 9.24. The van der Waals surface area contributed by atoms with E-state index in [1.807, 2.05) is 19.1 Å². The molecule has 0 radical (unpaired) electrons. The highest BCUT2D eigenvalue weighted by molar-refractivity contribution is 7.89. The molecule has 1 aliphatic carbocycles. The molecular formula is C14H21NO3S. The van der Waals surface area contributed by atoms with Crippen LogP contribution in [0.25, 0.3) is 0 Å². The molecule has 0 spiro atoms. The van der Waals surface area contributed by atoms with Gasteiger partial charge in [-0.2, -0.15) is 0 Å². The number of hydrogen-bond donors (Lipinski definition) is 2. The lowest BCUT2D eigenvalue weighted by Crippen LogP contribution is -2.38. The fourth-order valence-corrected chi connectivity index (χ4v) is 3.92. The SMILES string of the molecule is CCc1ccc(S(=O)(=O)NC2CCCC2CO)cc1. The molecule has 0 bridgehead atoms. The molecule has 1 aromatic carbocycles. The van der Waals surface area contributed by atoms with Gasteiger partial charge in [-0.25, -0.2) is 13.1 Å². The summed E-state index contributed by atoms with van der Waals surface area (Å²) in [5.41, 5.74) is 1.12. The van der Waals surface area contributed by atoms with E-state index < -0.39 is 10.0 Å². The highest BCUT2D eigenvalue weighted by atomic mass is 32.2. The Balaban J connectivity index is 2.13. The first-order valence-corrected chi connectivity index (χ1v) is 8.27. The van der Waals surface area contributed by atoms with Gasteiger partial charge >= 0.3 is 0 Å². The molecule has 0 aromatic heterocycles. The molecule has 0 aliphatic heterocycles. The molecular weight excluding hydrogens is 262 g/mol.